The molecule has 1 aromatic rings. The minimum atomic E-state index is -0.541. The molecular formula is C15H21NO2. The van der Waals surface area contributed by atoms with Crippen LogP contribution in [0.25, 0.3) is 0 Å². The van der Waals surface area contributed by atoms with Crippen molar-refractivity contribution in [3.05, 3.63) is 35.9 Å². The SMILES string of the molecule is CC(C)C(=O)N[C@@H](C(=O)C(C)C)c1ccccc1. The van der Waals surface area contributed by atoms with Crippen LogP contribution in [0.3, 0.4) is 0 Å². The molecule has 0 heterocycles. The molecule has 0 aliphatic rings. The second-order valence-electron chi connectivity index (χ2n) is 5.06. The molecule has 1 N–H and O–H groups in total. The predicted octanol–water partition coefficient (Wildman–Crippen LogP) is 2.73. The van der Waals surface area contributed by atoms with Crippen molar-refractivity contribution in [1.82, 2.24) is 5.32 Å². The summed E-state index contributed by atoms with van der Waals surface area (Å²) in [5.41, 5.74) is 0.838. The van der Waals surface area contributed by atoms with Crippen molar-refractivity contribution in [2.24, 2.45) is 11.8 Å². The van der Waals surface area contributed by atoms with Gasteiger partial charge in [0.2, 0.25) is 5.91 Å². The second kappa shape index (κ2) is 6.34. The number of hydrogen-bond donors (Lipinski definition) is 1. The van der Waals surface area contributed by atoms with Crippen LogP contribution in [0.1, 0.15) is 39.3 Å². The van der Waals surface area contributed by atoms with E-state index in [1.165, 1.54) is 0 Å². The summed E-state index contributed by atoms with van der Waals surface area (Å²) in [5.74, 6) is -0.299. The molecule has 1 aromatic carbocycles. The van der Waals surface area contributed by atoms with Crippen molar-refractivity contribution in [3.8, 4) is 0 Å². The highest BCUT2D eigenvalue weighted by Crippen LogP contribution is 2.18. The van der Waals surface area contributed by atoms with Gasteiger partial charge in [0.1, 0.15) is 6.04 Å². The smallest absolute Gasteiger partial charge is 0.223 e. The van der Waals surface area contributed by atoms with Gasteiger partial charge in [-0.2, -0.15) is 0 Å². The van der Waals surface area contributed by atoms with Gasteiger partial charge in [0.25, 0.3) is 0 Å². The monoisotopic (exact) mass is 247 g/mol. The molecule has 0 fully saturated rings. The molecular weight excluding hydrogens is 226 g/mol. The molecule has 0 spiro atoms. The van der Waals surface area contributed by atoms with Crippen LogP contribution >= 0.6 is 0 Å². The Morgan fingerprint density at radius 2 is 1.50 bits per heavy atom. The van der Waals surface area contributed by atoms with Gasteiger partial charge < -0.3 is 5.32 Å². The largest absolute Gasteiger partial charge is 0.342 e. The summed E-state index contributed by atoms with van der Waals surface area (Å²) in [7, 11) is 0. The number of rotatable bonds is 5. The topological polar surface area (TPSA) is 46.2 Å². The van der Waals surface area contributed by atoms with Crippen LogP contribution in [0.15, 0.2) is 30.3 Å². The number of ketones is 1. The molecule has 0 aromatic heterocycles. The number of carbonyl (C=O) groups excluding carboxylic acids is 2. The first kappa shape index (κ1) is 14.4. The first-order valence-corrected chi connectivity index (χ1v) is 6.32. The Hall–Kier alpha value is -1.64. The van der Waals surface area contributed by atoms with Gasteiger partial charge in [-0.3, -0.25) is 9.59 Å². The van der Waals surface area contributed by atoms with E-state index in [1.807, 2.05) is 58.0 Å². The van der Waals surface area contributed by atoms with E-state index in [0.29, 0.717) is 0 Å². The second-order valence-corrected chi connectivity index (χ2v) is 5.06. The zero-order valence-corrected chi connectivity index (χ0v) is 11.4. The molecule has 1 amide bonds. The van der Waals surface area contributed by atoms with Gasteiger partial charge >= 0.3 is 0 Å². The molecule has 3 nitrogen and oxygen atoms in total. The van der Waals surface area contributed by atoms with E-state index in [9.17, 15) is 9.59 Å². The minimum Gasteiger partial charge on any atom is -0.342 e. The lowest BCUT2D eigenvalue weighted by molar-refractivity contribution is -0.131. The Labute approximate surface area is 109 Å². The molecule has 0 aliphatic carbocycles. The van der Waals surface area contributed by atoms with E-state index < -0.39 is 6.04 Å². The van der Waals surface area contributed by atoms with Crippen molar-refractivity contribution in [2.75, 3.05) is 0 Å². The highest BCUT2D eigenvalue weighted by Gasteiger charge is 2.25. The molecule has 0 bridgehead atoms. The number of carbonyl (C=O) groups is 2. The fraction of sp³-hybridized carbons (Fsp3) is 0.467. The van der Waals surface area contributed by atoms with E-state index in [1.54, 1.807) is 0 Å². The highest BCUT2D eigenvalue weighted by atomic mass is 16.2. The summed E-state index contributed by atoms with van der Waals surface area (Å²) >= 11 is 0. The van der Waals surface area contributed by atoms with Crippen molar-refractivity contribution < 1.29 is 9.59 Å². The number of hydrogen-bond acceptors (Lipinski definition) is 2. The Balaban J connectivity index is 2.96. The Kier molecular flexibility index (Phi) is 5.08. The summed E-state index contributed by atoms with van der Waals surface area (Å²) in [6.45, 7) is 7.33. The molecule has 0 saturated carbocycles. The van der Waals surface area contributed by atoms with Gasteiger partial charge in [0.05, 0.1) is 0 Å². The number of amides is 1. The molecule has 1 rings (SSSR count). The van der Waals surface area contributed by atoms with Gasteiger partial charge in [-0.25, -0.2) is 0 Å². The van der Waals surface area contributed by atoms with Crippen LogP contribution in [0, 0.1) is 11.8 Å². The molecule has 0 aliphatic heterocycles. The lowest BCUT2D eigenvalue weighted by Crippen LogP contribution is -2.37. The van der Waals surface area contributed by atoms with Crippen LogP contribution in [0.2, 0.25) is 0 Å². The predicted molar refractivity (Wildman–Crippen MR) is 72.0 cm³/mol. The first-order valence-electron chi connectivity index (χ1n) is 6.32. The normalized spacial score (nSPS) is 12.6. The molecule has 0 radical (unpaired) electrons. The molecule has 0 saturated heterocycles. The van der Waals surface area contributed by atoms with E-state index in [-0.39, 0.29) is 23.5 Å². The van der Waals surface area contributed by atoms with Crippen molar-refractivity contribution in [3.63, 3.8) is 0 Å². The third-order valence-electron chi connectivity index (χ3n) is 2.80. The Morgan fingerprint density at radius 3 is 1.94 bits per heavy atom. The zero-order valence-electron chi connectivity index (χ0n) is 11.4. The third-order valence-corrected chi connectivity index (χ3v) is 2.80. The fourth-order valence-electron chi connectivity index (χ4n) is 1.61. The Morgan fingerprint density at radius 1 is 0.944 bits per heavy atom. The molecule has 3 heteroatoms. The highest BCUT2D eigenvalue weighted by molar-refractivity contribution is 5.91. The quantitative estimate of drug-likeness (QED) is 0.869. The van der Waals surface area contributed by atoms with Gasteiger partial charge in [-0.05, 0) is 5.56 Å². The minimum absolute atomic E-state index is 0.0372. The maximum Gasteiger partial charge on any atom is 0.223 e. The van der Waals surface area contributed by atoms with Crippen LogP contribution in [-0.4, -0.2) is 11.7 Å². The van der Waals surface area contributed by atoms with E-state index in [4.69, 9.17) is 0 Å². The number of nitrogens with one attached hydrogen (secondary N) is 1. The van der Waals surface area contributed by atoms with Crippen LogP contribution in [-0.2, 0) is 9.59 Å². The van der Waals surface area contributed by atoms with Crippen LogP contribution < -0.4 is 5.32 Å². The van der Waals surface area contributed by atoms with Gasteiger partial charge in [-0.1, -0.05) is 58.0 Å². The lowest BCUT2D eigenvalue weighted by atomic mass is 9.95. The summed E-state index contributed by atoms with van der Waals surface area (Å²) in [4.78, 5) is 24.0. The van der Waals surface area contributed by atoms with Crippen LogP contribution in [0.4, 0.5) is 0 Å². The molecule has 1 atom stereocenters. The maximum atomic E-state index is 12.2. The average Bonchev–Trinajstić information content (AvgIpc) is 2.35. The summed E-state index contributed by atoms with van der Waals surface area (Å²) in [6.07, 6.45) is 0. The van der Waals surface area contributed by atoms with Crippen molar-refractivity contribution >= 4 is 11.7 Å². The number of benzene rings is 1. The lowest BCUT2D eigenvalue weighted by Gasteiger charge is -2.21. The van der Waals surface area contributed by atoms with Crippen LogP contribution in [0.5, 0.6) is 0 Å². The Bertz CT molecular complexity index is 410. The van der Waals surface area contributed by atoms with Gasteiger partial charge in [0.15, 0.2) is 5.78 Å². The fourth-order valence-corrected chi connectivity index (χ4v) is 1.61. The maximum absolute atomic E-state index is 12.2. The third kappa shape index (κ3) is 3.69. The van der Waals surface area contributed by atoms with E-state index in [2.05, 4.69) is 5.32 Å². The van der Waals surface area contributed by atoms with Gasteiger partial charge in [0, 0.05) is 11.8 Å². The molecule has 18 heavy (non-hydrogen) atoms. The standard InChI is InChI=1S/C15H21NO2/c1-10(2)14(17)13(16-15(18)11(3)4)12-8-6-5-7-9-12/h5-11,13H,1-4H3,(H,16,18)/t13-/m1/s1. The summed E-state index contributed by atoms with van der Waals surface area (Å²) in [5, 5.41) is 2.83. The first-order chi connectivity index (χ1) is 8.43. The van der Waals surface area contributed by atoms with Gasteiger partial charge in [-0.15, -0.1) is 0 Å². The molecule has 98 valence electrons. The van der Waals surface area contributed by atoms with E-state index in [0.717, 1.165) is 5.56 Å². The summed E-state index contributed by atoms with van der Waals surface area (Å²) < 4.78 is 0. The zero-order chi connectivity index (χ0) is 13.7. The van der Waals surface area contributed by atoms with E-state index >= 15 is 0 Å². The molecule has 0 unspecified atom stereocenters. The number of Topliss-reactive ketones (excluding diaryl/α,β-unsaturated/α-hetero) is 1. The van der Waals surface area contributed by atoms with Crippen molar-refractivity contribution in [2.45, 2.75) is 33.7 Å². The summed E-state index contributed by atoms with van der Waals surface area (Å²) in [6, 6.07) is 8.83. The average molecular weight is 247 g/mol. The van der Waals surface area contributed by atoms with Crippen molar-refractivity contribution in [1.29, 1.82) is 0 Å².